The van der Waals surface area contributed by atoms with Crippen LogP contribution in [-0.4, -0.2) is 9.04 Å². The van der Waals surface area contributed by atoms with Gasteiger partial charge in [0, 0.05) is 0 Å². The van der Waals surface area contributed by atoms with Gasteiger partial charge in [-0.05, 0) is 52.1 Å². The van der Waals surface area contributed by atoms with E-state index in [0.29, 0.717) is 0 Å². The van der Waals surface area contributed by atoms with Gasteiger partial charge < -0.3 is 4.43 Å². The van der Waals surface area contributed by atoms with Crippen molar-refractivity contribution in [2.45, 2.75) is 39.3 Å². The van der Waals surface area contributed by atoms with Crippen molar-refractivity contribution in [3.8, 4) is 5.75 Å². The largest absolute Gasteiger partial charge is 0.546 e. The molecular formula is C12H19BrOSi. The maximum absolute atomic E-state index is 5.87. The minimum Gasteiger partial charge on any atom is -0.546 e. The standard InChI is InChI=1S/C12H19BrOSi/c1-12(2,3)9-6-7-10(13)11(8-9)14-15(4)5/h6-8,15H,1-5H3. The molecule has 0 aliphatic heterocycles. The summed E-state index contributed by atoms with van der Waals surface area (Å²) in [6, 6.07) is 6.38. The Morgan fingerprint density at radius 3 is 2.27 bits per heavy atom. The molecule has 1 rings (SSSR count). The van der Waals surface area contributed by atoms with Crippen LogP contribution < -0.4 is 4.43 Å². The molecule has 3 heteroatoms. The molecule has 0 saturated heterocycles. The maximum atomic E-state index is 5.87. The lowest BCUT2D eigenvalue weighted by atomic mass is 9.87. The summed E-state index contributed by atoms with van der Waals surface area (Å²) in [5, 5.41) is 0. The lowest BCUT2D eigenvalue weighted by Gasteiger charge is -2.21. The van der Waals surface area contributed by atoms with Crippen LogP contribution in [0.4, 0.5) is 0 Å². The third-order valence-corrected chi connectivity index (χ3v) is 3.54. The molecule has 0 aromatic heterocycles. The first-order valence-corrected chi connectivity index (χ1v) is 8.85. The van der Waals surface area contributed by atoms with Crippen molar-refractivity contribution in [3.05, 3.63) is 28.2 Å². The summed E-state index contributed by atoms with van der Waals surface area (Å²) in [6.45, 7) is 11.0. The number of halogens is 1. The second kappa shape index (κ2) is 4.70. The van der Waals surface area contributed by atoms with Crippen LogP contribution in [0.15, 0.2) is 22.7 Å². The fourth-order valence-electron chi connectivity index (χ4n) is 1.31. The average Bonchev–Trinajstić information content (AvgIpc) is 2.06. The Morgan fingerprint density at radius 1 is 1.20 bits per heavy atom. The van der Waals surface area contributed by atoms with E-state index in [1.54, 1.807) is 0 Å². The predicted molar refractivity (Wildman–Crippen MR) is 72.3 cm³/mol. The van der Waals surface area contributed by atoms with E-state index in [1.807, 2.05) is 0 Å². The molecule has 1 aromatic carbocycles. The van der Waals surface area contributed by atoms with Crippen LogP contribution in [0.1, 0.15) is 26.3 Å². The van der Waals surface area contributed by atoms with Gasteiger partial charge in [-0.25, -0.2) is 0 Å². The molecule has 0 bridgehead atoms. The smallest absolute Gasteiger partial charge is 0.229 e. The van der Waals surface area contributed by atoms with Crippen molar-refractivity contribution >= 4 is 25.0 Å². The Balaban J connectivity index is 3.06. The first kappa shape index (κ1) is 12.8. The molecule has 0 heterocycles. The molecule has 0 aliphatic carbocycles. The van der Waals surface area contributed by atoms with Crippen molar-refractivity contribution in [1.29, 1.82) is 0 Å². The number of benzene rings is 1. The highest BCUT2D eigenvalue weighted by Gasteiger charge is 2.15. The molecule has 84 valence electrons. The van der Waals surface area contributed by atoms with Crippen molar-refractivity contribution in [1.82, 2.24) is 0 Å². The maximum Gasteiger partial charge on any atom is 0.229 e. The first-order chi connectivity index (χ1) is 6.80. The third-order valence-electron chi connectivity index (χ3n) is 2.16. The Bertz CT molecular complexity index is 342. The molecule has 1 aromatic rings. The van der Waals surface area contributed by atoms with E-state index in [9.17, 15) is 0 Å². The van der Waals surface area contributed by atoms with Gasteiger partial charge in [-0.2, -0.15) is 0 Å². The Morgan fingerprint density at radius 2 is 1.80 bits per heavy atom. The number of hydrogen-bond donors (Lipinski definition) is 0. The van der Waals surface area contributed by atoms with E-state index in [1.165, 1.54) is 5.56 Å². The summed E-state index contributed by atoms with van der Waals surface area (Å²) in [5.74, 6) is 0.990. The molecule has 0 spiro atoms. The molecule has 0 saturated carbocycles. The lowest BCUT2D eigenvalue weighted by Crippen LogP contribution is -2.14. The molecule has 0 fully saturated rings. The van der Waals surface area contributed by atoms with Crippen molar-refractivity contribution in [2.24, 2.45) is 0 Å². The Kier molecular flexibility index (Phi) is 4.01. The number of hydrogen-bond acceptors (Lipinski definition) is 1. The topological polar surface area (TPSA) is 9.23 Å². The summed E-state index contributed by atoms with van der Waals surface area (Å²) in [4.78, 5) is 0. The zero-order chi connectivity index (χ0) is 11.6. The molecule has 0 N–H and O–H groups in total. The fraction of sp³-hybridized carbons (Fsp3) is 0.500. The zero-order valence-electron chi connectivity index (χ0n) is 10.1. The fourth-order valence-corrected chi connectivity index (χ4v) is 2.53. The highest BCUT2D eigenvalue weighted by Crippen LogP contribution is 2.31. The quantitative estimate of drug-likeness (QED) is 0.744. The van der Waals surface area contributed by atoms with Crippen LogP contribution in [0.3, 0.4) is 0 Å². The van der Waals surface area contributed by atoms with Gasteiger partial charge in [0.05, 0.1) is 4.47 Å². The predicted octanol–water partition coefficient (Wildman–Crippen LogP) is 4.11. The summed E-state index contributed by atoms with van der Waals surface area (Å²) in [7, 11) is -1.03. The summed E-state index contributed by atoms with van der Waals surface area (Å²) in [5.41, 5.74) is 1.49. The molecule has 0 aliphatic rings. The zero-order valence-corrected chi connectivity index (χ0v) is 12.8. The lowest BCUT2D eigenvalue weighted by molar-refractivity contribution is 0.558. The second-order valence-corrected chi connectivity index (χ2v) is 8.25. The molecule has 15 heavy (non-hydrogen) atoms. The molecule has 0 atom stereocenters. The first-order valence-electron chi connectivity index (χ1n) is 5.27. The monoisotopic (exact) mass is 286 g/mol. The van der Waals surface area contributed by atoms with Crippen LogP contribution >= 0.6 is 15.9 Å². The van der Waals surface area contributed by atoms with Gasteiger partial charge in [-0.1, -0.05) is 26.8 Å². The van der Waals surface area contributed by atoms with Gasteiger partial charge in [0.1, 0.15) is 5.75 Å². The van der Waals surface area contributed by atoms with Gasteiger partial charge in [0.25, 0.3) is 0 Å². The SMILES string of the molecule is C[SiH](C)Oc1cc(C(C)(C)C)ccc1Br. The minimum atomic E-state index is -1.03. The molecule has 0 amide bonds. The molecule has 0 radical (unpaired) electrons. The average molecular weight is 287 g/mol. The second-order valence-electron chi connectivity index (χ2n) is 5.06. The number of rotatable bonds is 2. The Labute approximate surface area is 103 Å². The van der Waals surface area contributed by atoms with Crippen LogP contribution in [0.2, 0.25) is 13.1 Å². The van der Waals surface area contributed by atoms with E-state index in [4.69, 9.17) is 4.43 Å². The third kappa shape index (κ3) is 3.65. The molecular weight excluding hydrogens is 268 g/mol. The van der Waals surface area contributed by atoms with Gasteiger partial charge >= 0.3 is 0 Å². The van der Waals surface area contributed by atoms with Crippen LogP contribution in [-0.2, 0) is 5.41 Å². The van der Waals surface area contributed by atoms with Gasteiger partial charge in [-0.3, -0.25) is 0 Å². The summed E-state index contributed by atoms with van der Waals surface area (Å²) in [6.07, 6.45) is 0. The summed E-state index contributed by atoms with van der Waals surface area (Å²) < 4.78 is 6.93. The summed E-state index contributed by atoms with van der Waals surface area (Å²) >= 11 is 3.52. The van der Waals surface area contributed by atoms with E-state index >= 15 is 0 Å². The normalized spacial score (nSPS) is 11.9. The highest BCUT2D eigenvalue weighted by molar-refractivity contribution is 9.10. The van der Waals surface area contributed by atoms with E-state index < -0.39 is 9.04 Å². The molecule has 1 nitrogen and oxygen atoms in total. The van der Waals surface area contributed by atoms with Crippen molar-refractivity contribution in [2.75, 3.05) is 0 Å². The van der Waals surface area contributed by atoms with Crippen molar-refractivity contribution < 1.29 is 4.43 Å². The van der Waals surface area contributed by atoms with Crippen molar-refractivity contribution in [3.63, 3.8) is 0 Å². The van der Waals surface area contributed by atoms with E-state index in [0.717, 1.165) is 10.2 Å². The van der Waals surface area contributed by atoms with Gasteiger partial charge in [-0.15, -0.1) is 0 Å². The molecule has 0 unspecified atom stereocenters. The van der Waals surface area contributed by atoms with Gasteiger partial charge in [0.2, 0.25) is 9.04 Å². The van der Waals surface area contributed by atoms with Gasteiger partial charge in [0.15, 0.2) is 0 Å². The van der Waals surface area contributed by atoms with E-state index in [-0.39, 0.29) is 5.41 Å². The highest BCUT2D eigenvalue weighted by atomic mass is 79.9. The Hall–Kier alpha value is -0.283. The van der Waals surface area contributed by atoms with Crippen LogP contribution in [0.5, 0.6) is 5.75 Å². The van der Waals surface area contributed by atoms with E-state index in [2.05, 4.69) is 68.0 Å². The van der Waals surface area contributed by atoms with Crippen LogP contribution in [0.25, 0.3) is 0 Å². The minimum absolute atomic E-state index is 0.178. The van der Waals surface area contributed by atoms with Crippen LogP contribution in [0, 0.1) is 0 Å².